The molecule has 0 aliphatic heterocycles. The number of halogens is 1. The van der Waals surface area contributed by atoms with Gasteiger partial charge in [0.05, 0.1) is 6.54 Å². The van der Waals surface area contributed by atoms with Crippen LogP contribution in [0.15, 0.2) is 24.3 Å². The molecule has 0 heterocycles. The Morgan fingerprint density at radius 3 is 2.60 bits per heavy atom. The molecule has 10 heavy (non-hydrogen) atoms. The van der Waals surface area contributed by atoms with Crippen molar-refractivity contribution in [2.45, 2.75) is 6.42 Å². The lowest BCUT2D eigenvalue weighted by atomic mass is 10.1. The predicted molar refractivity (Wildman–Crippen MR) is 42.9 cm³/mol. The maximum atomic E-state index is 5.88. The minimum Gasteiger partial charge on any atom is -0.357 e. The smallest absolute Gasteiger partial charge is 0.0781 e. The first-order valence-electron chi connectivity index (χ1n) is 3.37. The second-order valence-corrected chi connectivity index (χ2v) is 2.60. The molecule has 0 bridgehead atoms. The van der Waals surface area contributed by atoms with E-state index in [0.717, 1.165) is 18.0 Å². The van der Waals surface area contributed by atoms with Crippen LogP contribution in [0.5, 0.6) is 0 Å². The number of benzene rings is 1. The number of hydrogen-bond donors (Lipinski definition) is 1. The second kappa shape index (κ2) is 3.59. The third-order valence-electron chi connectivity index (χ3n) is 1.40. The summed E-state index contributed by atoms with van der Waals surface area (Å²) in [5.74, 6) is 0. The van der Waals surface area contributed by atoms with Gasteiger partial charge in [0.1, 0.15) is 0 Å². The van der Waals surface area contributed by atoms with Crippen molar-refractivity contribution >= 4 is 11.6 Å². The Labute approximate surface area is 65.8 Å². The zero-order valence-corrected chi connectivity index (χ0v) is 6.56. The van der Waals surface area contributed by atoms with Crippen molar-refractivity contribution in [3.63, 3.8) is 0 Å². The fraction of sp³-hybridized carbons (Fsp3) is 0.250. The molecule has 54 valence electrons. The minimum atomic E-state index is 0.853. The van der Waals surface area contributed by atoms with E-state index in [0.29, 0.717) is 0 Å². The molecule has 0 aliphatic rings. The van der Waals surface area contributed by atoms with Crippen LogP contribution < -0.4 is 5.73 Å². The van der Waals surface area contributed by atoms with Crippen molar-refractivity contribution in [1.82, 2.24) is 0 Å². The Kier molecular flexibility index (Phi) is 2.72. The van der Waals surface area contributed by atoms with E-state index in [9.17, 15) is 0 Å². The molecule has 0 fully saturated rings. The number of quaternary nitrogens is 1. The van der Waals surface area contributed by atoms with Gasteiger partial charge >= 0.3 is 0 Å². The average Bonchev–Trinajstić information content (AvgIpc) is 1.94. The topological polar surface area (TPSA) is 27.6 Å². The standard InChI is InChI=1S/C8H10ClN/c9-8-4-2-1-3-7(8)5-6-10/h1-4H,5-6,10H2/p+1. The molecule has 1 nitrogen and oxygen atoms in total. The van der Waals surface area contributed by atoms with E-state index in [1.165, 1.54) is 5.56 Å². The van der Waals surface area contributed by atoms with Gasteiger partial charge in [-0.3, -0.25) is 0 Å². The lowest BCUT2D eigenvalue weighted by molar-refractivity contribution is -0.366. The van der Waals surface area contributed by atoms with Crippen LogP contribution >= 0.6 is 11.6 Å². The van der Waals surface area contributed by atoms with Gasteiger partial charge in [-0.05, 0) is 11.6 Å². The Morgan fingerprint density at radius 2 is 2.00 bits per heavy atom. The van der Waals surface area contributed by atoms with Crippen LogP contribution in [0.3, 0.4) is 0 Å². The SMILES string of the molecule is [NH3+]CCc1ccccc1Cl. The van der Waals surface area contributed by atoms with E-state index in [4.69, 9.17) is 11.6 Å². The molecule has 0 aliphatic carbocycles. The summed E-state index contributed by atoms with van der Waals surface area (Å²) in [6.45, 7) is 0.906. The molecule has 0 aromatic heterocycles. The zero-order valence-electron chi connectivity index (χ0n) is 5.81. The first kappa shape index (κ1) is 7.58. The maximum absolute atomic E-state index is 5.88. The summed E-state index contributed by atoms with van der Waals surface area (Å²) in [6.07, 6.45) is 0.972. The highest BCUT2D eigenvalue weighted by molar-refractivity contribution is 6.31. The summed E-state index contributed by atoms with van der Waals surface area (Å²) >= 11 is 5.88. The quantitative estimate of drug-likeness (QED) is 0.665. The summed E-state index contributed by atoms with van der Waals surface area (Å²) in [7, 11) is 0. The lowest BCUT2D eigenvalue weighted by Gasteiger charge is -1.97. The van der Waals surface area contributed by atoms with E-state index < -0.39 is 0 Å². The first-order valence-corrected chi connectivity index (χ1v) is 3.75. The Hall–Kier alpha value is -0.530. The van der Waals surface area contributed by atoms with E-state index in [-0.39, 0.29) is 0 Å². The molecule has 0 spiro atoms. The molecule has 0 saturated heterocycles. The molecule has 3 N–H and O–H groups in total. The van der Waals surface area contributed by atoms with Gasteiger partial charge in [0.2, 0.25) is 0 Å². The summed E-state index contributed by atoms with van der Waals surface area (Å²) in [4.78, 5) is 0. The van der Waals surface area contributed by atoms with E-state index in [2.05, 4.69) is 5.73 Å². The second-order valence-electron chi connectivity index (χ2n) is 2.19. The molecule has 2 heteroatoms. The van der Waals surface area contributed by atoms with Gasteiger partial charge in [0.25, 0.3) is 0 Å². The molecule has 0 unspecified atom stereocenters. The highest BCUT2D eigenvalue weighted by Crippen LogP contribution is 2.14. The Bertz CT molecular complexity index is 210. The zero-order chi connectivity index (χ0) is 7.40. The van der Waals surface area contributed by atoms with Crippen LogP contribution in [0.2, 0.25) is 5.02 Å². The lowest BCUT2D eigenvalue weighted by Crippen LogP contribution is -2.51. The van der Waals surface area contributed by atoms with Crippen molar-refractivity contribution in [2.24, 2.45) is 0 Å². The van der Waals surface area contributed by atoms with Gasteiger partial charge in [0.15, 0.2) is 0 Å². The van der Waals surface area contributed by atoms with Gasteiger partial charge in [-0.2, -0.15) is 0 Å². The van der Waals surface area contributed by atoms with Gasteiger partial charge < -0.3 is 5.73 Å². The molecule has 0 saturated carbocycles. The van der Waals surface area contributed by atoms with Gasteiger partial charge in [-0.25, -0.2) is 0 Å². The maximum Gasteiger partial charge on any atom is 0.0781 e. The van der Waals surface area contributed by atoms with Crippen molar-refractivity contribution in [3.05, 3.63) is 34.9 Å². The van der Waals surface area contributed by atoms with Crippen molar-refractivity contribution in [1.29, 1.82) is 0 Å². The fourth-order valence-corrected chi connectivity index (χ4v) is 1.12. The minimum absolute atomic E-state index is 0.853. The van der Waals surface area contributed by atoms with Crippen LogP contribution in [0, 0.1) is 0 Å². The van der Waals surface area contributed by atoms with Gasteiger partial charge in [0, 0.05) is 11.4 Å². The Balaban J connectivity index is 2.81. The summed E-state index contributed by atoms with van der Waals surface area (Å²) < 4.78 is 0. The van der Waals surface area contributed by atoms with Gasteiger partial charge in [-0.1, -0.05) is 29.8 Å². The van der Waals surface area contributed by atoms with Crippen LogP contribution in [0.25, 0.3) is 0 Å². The van der Waals surface area contributed by atoms with Gasteiger partial charge in [-0.15, -0.1) is 0 Å². The third-order valence-corrected chi connectivity index (χ3v) is 1.77. The highest BCUT2D eigenvalue weighted by Gasteiger charge is 1.96. The molecule has 1 aromatic carbocycles. The highest BCUT2D eigenvalue weighted by atomic mass is 35.5. The molecular weight excluding hydrogens is 146 g/mol. The molecule has 1 aromatic rings. The molecule has 1 rings (SSSR count). The van der Waals surface area contributed by atoms with Crippen LogP contribution in [0.1, 0.15) is 5.56 Å². The molecule has 0 amide bonds. The third kappa shape index (κ3) is 1.72. The number of hydrogen-bond acceptors (Lipinski definition) is 0. The van der Waals surface area contributed by atoms with Crippen molar-refractivity contribution in [2.75, 3.05) is 6.54 Å². The van der Waals surface area contributed by atoms with E-state index in [1.807, 2.05) is 24.3 Å². The predicted octanol–water partition coefficient (Wildman–Crippen LogP) is 1.12. The fourth-order valence-electron chi connectivity index (χ4n) is 0.892. The monoisotopic (exact) mass is 156 g/mol. The summed E-state index contributed by atoms with van der Waals surface area (Å²) in [5.41, 5.74) is 4.96. The molecule has 0 atom stereocenters. The first-order chi connectivity index (χ1) is 4.84. The van der Waals surface area contributed by atoms with Crippen LogP contribution in [-0.4, -0.2) is 6.54 Å². The Morgan fingerprint density at radius 1 is 1.30 bits per heavy atom. The molecular formula is C8H11ClN+. The largest absolute Gasteiger partial charge is 0.357 e. The number of rotatable bonds is 2. The summed E-state index contributed by atoms with van der Waals surface area (Å²) in [5, 5.41) is 0.853. The van der Waals surface area contributed by atoms with Crippen LogP contribution in [-0.2, 0) is 6.42 Å². The normalized spacial score (nSPS) is 9.80. The van der Waals surface area contributed by atoms with Crippen molar-refractivity contribution in [3.8, 4) is 0 Å². The average molecular weight is 157 g/mol. The summed E-state index contributed by atoms with van der Waals surface area (Å²) in [6, 6.07) is 7.88. The van der Waals surface area contributed by atoms with Crippen molar-refractivity contribution < 1.29 is 5.73 Å². The van der Waals surface area contributed by atoms with E-state index in [1.54, 1.807) is 0 Å². The van der Waals surface area contributed by atoms with Crippen LogP contribution in [0.4, 0.5) is 0 Å². The van der Waals surface area contributed by atoms with E-state index >= 15 is 0 Å². The molecule has 0 radical (unpaired) electrons.